The van der Waals surface area contributed by atoms with Crippen LogP contribution in [0.3, 0.4) is 0 Å². The summed E-state index contributed by atoms with van der Waals surface area (Å²) in [5, 5.41) is 1.87. The number of hydrogen-bond donors (Lipinski definition) is 0. The molecule has 0 saturated heterocycles. The maximum atomic E-state index is 13.0. The summed E-state index contributed by atoms with van der Waals surface area (Å²) in [4.78, 5) is 30.5. The molecule has 0 aliphatic heterocycles. The first-order chi connectivity index (χ1) is 15.1. The van der Waals surface area contributed by atoms with Crippen LogP contribution in [0.25, 0.3) is 39.5 Å². The number of carbonyl (C=O) groups is 2. The Kier molecular flexibility index (Phi) is 3.62. The van der Waals surface area contributed by atoms with Crippen molar-refractivity contribution in [3.63, 3.8) is 0 Å². The molecule has 0 bridgehead atoms. The smallest absolute Gasteiger partial charge is 0.245 e. The fourth-order valence-electron chi connectivity index (χ4n) is 4.19. The molecule has 1 aliphatic rings. The first kappa shape index (κ1) is 17.6. The van der Waals surface area contributed by atoms with Crippen molar-refractivity contribution in [2.24, 2.45) is 7.05 Å². The van der Waals surface area contributed by atoms with Gasteiger partial charge in [0.1, 0.15) is 17.1 Å². The van der Waals surface area contributed by atoms with Crippen LogP contribution in [-0.4, -0.2) is 21.1 Å². The molecular formula is C26H16N2O3. The second-order valence-electron chi connectivity index (χ2n) is 7.66. The number of carbonyl (C=O) groups excluding carboxylic acids is 2. The van der Waals surface area contributed by atoms with E-state index < -0.39 is 0 Å². The summed E-state index contributed by atoms with van der Waals surface area (Å²) in [7, 11) is 1.91. The SMILES string of the molecule is Cn1c(-c2ccccc2)nc2oc(C=C3C(=O)c4cc5ccccc5cc4C3=O)cc21. The van der Waals surface area contributed by atoms with Gasteiger partial charge in [0.2, 0.25) is 5.71 Å². The van der Waals surface area contributed by atoms with E-state index in [4.69, 9.17) is 4.42 Å². The number of rotatable bonds is 2. The van der Waals surface area contributed by atoms with Gasteiger partial charge in [-0.05, 0) is 29.0 Å². The van der Waals surface area contributed by atoms with Gasteiger partial charge in [-0.15, -0.1) is 0 Å². The number of fused-ring (bicyclic) bond motifs is 3. The molecule has 1 aliphatic carbocycles. The van der Waals surface area contributed by atoms with Crippen LogP contribution < -0.4 is 0 Å². The lowest BCUT2D eigenvalue weighted by molar-refractivity contribution is 0.0990. The molecule has 5 nitrogen and oxygen atoms in total. The van der Waals surface area contributed by atoms with E-state index in [0.717, 1.165) is 27.7 Å². The van der Waals surface area contributed by atoms with E-state index in [-0.39, 0.29) is 17.1 Å². The van der Waals surface area contributed by atoms with E-state index in [1.54, 1.807) is 12.1 Å². The van der Waals surface area contributed by atoms with Crippen LogP contribution >= 0.6 is 0 Å². The molecule has 6 rings (SSSR count). The van der Waals surface area contributed by atoms with Crippen LogP contribution in [0.2, 0.25) is 0 Å². The number of allylic oxidation sites excluding steroid dienone is 1. The Bertz CT molecular complexity index is 1510. The van der Waals surface area contributed by atoms with Crippen molar-refractivity contribution in [2.45, 2.75) is 0 Å². The minimum Gasteiger partial charge on any atom is -0.437 e. The number of benzene rings is 3. The third-order valence-electron chi connectivity index (χ3n) is 5.78. The fourth-order valence-corrected chi connectivity index (χ4v) is 4.19. The van der Waals surface area contributed by atoms with Crippen molar-refractivity contribution in [1.82, 2.24) is 9.55 Å². The molecule has 0 saturated carbocycles. The largest absolute Gasteiger partial charge is 0.437 e. The Morgan fingerprint density at radius 2 is 1.45 bits per heavy atom. The minimum absolute atomic E-state index is 0.118. The lowest BCUT2D eigenvalue weighted by Crippen LogP contribution is -1.99. The maximum absolute atomic E-state index is 13.0. The molecule has 0 atom stereocenters. The van der Waals surface area contributed by atoms with Crippen molar-refractivity contribution in [3.8, 4) is 11.4 Å². The summed E-state index contributed by atoms with van der Waals surface area (Å²) in [5.41, 5.74) is 3.25. The number of Topliss-reactive ketones (excluding diaryl/α,β-unsaturated/α-hetero) is 2. The summed E-state index contributed by atoms with van der Waals surface area (Å²) >= 11 is 0. The Balaban J connectivity index is 1.42. The lowest BCUT2D eigenvalue weighted by atomic mass is 10.0. The van der Waals surface area contributed by atoms with Crippen molar-refractivity contribution < 1.29 is 14.0 Å². The average molecular weight is 404 g/mol. The summed E-state index contributed by atoms with van der Waals surface area (Å²) in [5.74, 6) is 0.677. The van der Waals surface area contributed by atoms with E-state index in [1.807, 2.05) is 72.3 Å². The standard InChI is InChI=1S/C26H16N2O3/c1-28-22-14-18(31-26(22)27-25(28)15-7-3-2-4-8-15)13-21-23(29)19-11-16-9-5-6-10-17(16)12-20(19)24(21)30/h2-14H,1H3. The second-order valence-corrected chi connectivity index (χ2v) is 7.66. The number of nitrogens with zero attached hydrogens (tertiary/aromatic N) is 2. The predicted octanol–water partition coefficient (Wildman–Crippen LogP) is 5.45. The van der Waals surface area contributed by atoms with Crippen molar-refractivity contribution in [3.05, 3.63) is 95.3 Å². The van der Waals surface area contributed by atoms with Crippen LogP contribution in [0.15, 0.2) is 82.8 Å². The van der Waals surface area contributed by atoms with Gasteiger partial charge in [-0.1, -0.05) is 54.6 Å². The monoisotopic (exact) mass is 404 g/mol. The molecule has 148 valence electrons. The van der Waals surface area contributed by atoms with Gasteiger partial charge >= 0.3 is 0 Å². The maximum Gasteiger partial charge on any atom is 0.245 e. The molecule has 5 heteroatoms. The van der Waals surface area contributed by atoms with E-state index in [0.29, 0.717) is 22.6 Å². The Morgan fingerprint density at radius 1 is 0.839 bits per heavy atom. The number of imidazole rings is 1. The average Bonchev–Trinajstić information content (AvgIpc) is 3.41. The first-order valence-electron chi connectivity index (χ1n) is 9.96. The van der Waals surface area contributed by atoms with E-state index in [2.05, 4.69) is 4.98 Å². The zero-order valence-electron chi connectivity index (χ0n) is 16.6. The highest BCUT2D eigenvalue weighted by molar-refractivity contribution is 6.42. The minimum atomic E-state index is -0.274. The highest BCUT2D eigenvalue weighted by Gasteiger charge is 2.33. The number of furan rings is 1. The number of hydrogen-bond acceptors (Lipinski definition) is 4. The molecule has 0 fully saturated rings. The number of aryl methyl sites for hydroxylation is 1. The zero-order chi connectivity index (χ0) is 21.1. The van der Waals surface area contributed by atoms with Crippen LogP contribution in [0.4, 0.5) is 0 Å². The summed E-state index contributed by atoms with van der Waals surface area (Å²) in [6.45, 7) is 0. The van der Waals surface area contributed by atoms with E-state index in [1.165, 1.54) is 6.08 Å². The normalized spacial score (nSPS) is 13.4. The zero-order valence-corrected chi connectivity index (χ0v) is 16.6. The fraction of sp³-hybridized carbons (Fsp3) is 0.0385. The van der Waals surface area contributed by atoms with Gasteiger partial charge in [0, 0.05) is 29.8 Å². The predicted molar refractivity (Wildman–Crippen MR) is 119 cm³/mol. The van der Waals surface area contributed by atoms with Gasteiger partial charge in [-0.3, -0.25) is 9.59 Å². The molecular weight excluding hydrogens is 388 g/mol. The molecule has 31 heavy (non-hydrogen) atoms. The summed E-state index contributed by atoms with van der Waals surface area (Å²) in [6, 6.07) is 22.9. The molecule has 0 spiro atoms. The quantitative estimate of drug-likeness (QED) is 0.290. The van der Waals surface area contributed by atoms with Crippen molar-refractivity contribution in [2.75, 3.05) is 0 Å². The van der Waals surface area contributed by atoms with Crippen LogP contribution in [0.5, 0.6) is 0 Å². The van der Waals surface area contributed by atoms with Gasteiger partial charge in [0.25, 0.3) is 0 Å². The summed E-state index contributed by atoms with van der Waals surface area (Å²) in [6.07, 6.45) is 1.53. The first-order valence-corrected chi connectivity index (χ1v) is 9.96. The van der Waals surface area contributed by atoms with Crippen LogP contribution in [0, 0.1) is 0 Å². The second kappa shape index (κ2) is 6.37. The molecule has 5 aromatic rings. The molecule has 3 aromatic carbocycles. The van der Waals surface area contributed by atoms with Gasteiger partial charge in [0.15, 0.2) is 11.6 Å². The van der Waals surface area contributed by atoms with Crippen molar-refractivity contribution >= 4 is 39.6 Å². The highest BCUT2D eigenvalue weighted by Crippen LogP contribution is 2.33. The number of ketones is 2. The Hall–Kier alpha value is -4.25. The molecule has 0 radical (unpaired) electrons. The molecule has 0 unspecified atom stereocenters. The van der Waals surface area contributed by atoms with Crippen LogP contribution in [-0.2, 0) is 7.05 Å². The Labute approximate surface area is 177 Å². The highest BCUT2D eigenvalue weighted by atomic mass is 16.3. The van der Waals surface area contributed by atoms with E-state index in [9.17, 15) is 9.59 Å². The van der Waals surface area contributed by atoms with Gasteiger partial charge in [0.05, 0.1) is 5.57 Å². The van der Waals surface area contributed by atoms with Gasteiger partial charge < -0.3 is 8.98 Å². The topological polar surface area (TPSA) is 65.1 Å². The third kappa shape index (κ3) is 2.60. The molecule has 2 heterocycles. The van der Waals surface area contributed by atoms with Gasteiger partial charge in [-0.25, -0.2) is 0 Å². The Morgan fingerprint density at radius 3 is 2.06 bits per heavy atom. The number of aromatic nitrogens is 2. The summed E-state index contributed by atoms with van der Waals surface area (Å²) < 4.78 is 7.81. The lowest BCUT2D eigenvalue weighted by Gasteiger charge is -2.01. The molecule has 0 N–H and O–H groups in total. The van der Waals surface area contributed by atoms with Gasteiger partial charge in [-0.2, -0.15) is 4.98 Å². The third-order valence-corrected chi connectivity index (χ3v) is 5.78. The molecule has 2 aromatic heterocycles. The van der Waals surface area contributed by atoms with Crippen molar-refractivity contribution in [1.29, 1.82) is 0 Å². The van der Waals surface area contributed by atoms with E-state index >= 15 is 0 Å². The molecule has 0 amide bonds. The van der Waals surface area contributed by atoms with Crippen LogP contribution in [0.1, 0.15) is 26.5 Å².